The molecule has 3 heterocycles. The normalized spacial score (nSPS) is 22.4. The van der Waals surface area contributed by atoms with Crippen LogP contribution >= 0.6 is 0 Å². The molecular weight excluding hydrogens is 372 g/mol. The second kappa shape index (κ2) is 8.04. The van der Waals surface area contributed by atoms with Crippen LogP contribution in [0.2, 0.25) is 0 Å². The molecule has 2 aromatic rings. The number of nitrogens with one attached hydrogen (secondary N) is 1. The number of methoxy groups -OCH3 is 1. The van der Waals surface area contributed by atoms with Crippen molar-refractivity contribution in [2.45, 2.75) is 45.6 Å². The van der Waals surface area contributed by atoms with Gasteiger partial charge in [0, 0.05) is 49.9 Å². The number of rotatable bonds is 4. The van der Waals surface area contributed by atoms with Crippen LogP contribution in [0.4, 0.5) is 5.95 Å². The number of H-pyrrole nitrogens is 1. The molecule has 0 radical (unpaired) electrons. The Morgan fingerprint density at radius 2 is 2.07 bits per heavy atom. The van der Waals surface area contributed by atoms with E-state index < -0.39 is 0 Å². The summed E-state index contributed by atoms with van der Waals surface area (Å²) in [5.41, 5.74) is 2.35. The molecule has 2 atom stereocenters. The van der Waals surface area contributed by atoms with E-state index in [9.17, 15) is 9.90 Å². The van der Waals surface area contributed by atoms with Crippen LogP contribution in [0.25, 0.3) is 0 Å². The van der Waals surface area contributed by atoms with E-state index in [1.807, 2.05) is 26.0 Å². The Bertz CT molecular complexity index is 935. The Balaban J connectivity index is 1.54. The van der Waals surface area contributed by atoms with Crippen molar-refractivity contribution in [3.8, 4) is 11.5 Å². The number of anilines is 1. The zero-order valence-corrected chi connectivity index (χ0v) is 17.1. The van der Waals surface area contributed by atoms with Crippen molar-refractivity contribution in [3.05, 3.63) is 45.4 Å². The van der Waals surface area contributed by atoms with Crippen molar-refractivity contribution in [2.75, 3.05) is 31.6 Å². The molecule has 1 aromatic carbocycles. The lowest BCUT2D eigenvalue weighted by molar-refractivity contribution is -0.00576. The first kappa shape index (κ1) is 19.7. The number of aromatic amines is 1. The maximum absolute atomic E-state index is 12.7. The van der Waals surface area contributed by atoms with Crippen molar-refractivity contribution < 1.29 is 14.6 Å². The van der Waals surface area contributed by atoms with Gasteiger partial charge in [0.1, 0.15) is 11.5 Å². The summed E-state index contributed by atoms with van der Waals surface area (Å²) in [6, 6.07) is 5.33. The molecule has 0 bridgehead atoms. The minimum absolute atomic E-state index is 0.0521. The Hall–Kier alpha value is -2.58. The lowest BCUT2D eigenvalue weighted by Crippen LogP contribution is -2.47. The molecule has 1 saturated heterocycles. The van der Waals surface area contributed by atoms with Gasteiger partial charge < -0.3 is 19.5 Å². The van der Waals surface area contributed by atoms with E-state index in [-0.39, 0.29) is 23.5 Å². The third kappa shape index (κ3) is 4.23. The van der Waals surface area contributed by atoms with Crippen LogP contribution in [-0.4, -0.2) is 58.9 Å². The van der Waals surface area contributed by atoms with Gasteiger partial charge in [-0.2, -0.15) is 0 Å². The summed E-state index contributed by atoms with van der Waals surface area (Å²) in [5, 5.41) is 10.3. The second-order valence-electron chi connectivity index (χ2n) is 7.93. The van der Waals surface area contributed by atoms with Crippen LogP contribution in [-0.2, 0) is 24.2 Å². The quantitative estimate of drug-likeness (QED) is 0.806. The molecule has 1 aromatic heterocycles. The fourth-order valence-corrected chi connectivity index (χ4v) is 4.16. The number of aromatic nitrogens is 2. The molecule has 4 rings (SSSR count). The van der Waals surface area contributed by atoms with Crippen molar-refractivity contribution in [1.82, 2.24) is 14.9 Å². The van der Waals surface area contributed by atoms with E-state index >= 15 is 0 Å². The molecule has 2 unspecified atom stereocenters. The Kier molecular flexibility index (Phi) is 5.47. The molecule has 0 aliphatic carbocycles. The first-order valence-corrected chi connectivity index (χ1v) is 10.0. The van der Waals surface area contributed by atoms with Crippen LogP contribution in [0.1, 0.15) is 30.7 Å². The van der Waals surface area contributed by atoms with Crippen LogP contribution in [0.15, 0.2) is 23.0 Å². The van der Waals surface area contributed by atoms with Gasteiger partial charge in [0.2, 0.25) is 5.95 Å². The maximum Gasteiger partial charge on any atom is 0.255 e. The molecule has 0 saturated carbocycles. The third-order valence-electron chi connectivity index (χ3n) is 5.55. The van der Waals surface area contributed by atoms with Crippen molar-refractivity contribution in [2.24, 2.45) is 0 Å². The van der Waals surface area contributed by atoms with Gasteiger partial charge in [0.25, 0.3) is 5.56 Å². The SMILES string of the molecule is COc1ccc(CN2CCc3c(nc(N4CC(C)OC(C)C4)[nH]c3=O)C2)c(O)c1. The Labute approximate surface area is 170 Å². The number of aromatic hydroxyl groups is 1. The minimum Gasteiger partial charge on any atom is -0.507 e. The fourth-order valence-electron chi connectivity index (χ4n) is 4.16. The van der Waals surface area contributed by atoms with Gasteiger partial charge in [0.15, 0.2) is 0 Å². The molecule has 156 valence electrons. The van der Waals surface area contributed by atoms with E-state index in [0.29, 0.717) is 44.3 Å². The summed E-state index contributed by atoms with van der Waals surface area (Å²) in [6.07, 6.45) is 0.828. The van der Waals surface area contributed by atoms with Gasteiger partial charge in [-0.1, -0.05) is 6.07 Å². The molecule has 0 spiro atoms. The smallest absolute Gasteiger partial charge is 0.255 e. The molecule has 0 amide bonds. The molecule has 1 fully saturated rings. The first-order chi connectivity index (χ1) is 13.9. The number of ether oxygens (including phenoxy) is 2. The molecule has 8 heteroatoms. The topological polar surface area (TPSA) is 90.9 Å². The van der Waals surface area contributed by atoms with Gasteiger partial charge in [-0.3, -0.25) is 14.7 Å². The highest BCUT2D eigenvalue weighted by Gasteiger charge is 2.27. The summed E-state index contributed by atoms with van der Waals surface area (Å²) < 4.78 is 10.9. The number of hydrogen-bond acceptors (Lipinski definition) is 7. The summed E-state index contributed by atoms with van der Waals surface area (Å²) in [6.45, 7) is 7.38. The van der Waals surface area contributed by atoms with Crippen LogP contribution < -0.4 is 15.2 Å². The highest BCUT2D eigenvalue weighted by atomic mass is 16.5. The summed E-state index contributed by atoms with van der Waals surface area (Å²) in [7, 11) is 1.58. The van der Waals surface area contributed by atoms with Crippen molar-refractivity contribution >= 4 is 5.95 Å². The predicted octanol–water partition coefficient (Wildman–Crippen LogP) is 1.66. The lowest BCUT2D eigenvalue weighted by Gasteiger charge is -2.36. The summed E-state index contributed by atoms with van der Waals surface area (Å²) in [5.74, 6) is 1.46. The van der Waals surface area contributed by atoms with Gasteiger partial charge in [-0.05, 0) is 26.3 Å². The third-order valence-corrected chi connectivity index (χ3v) is 5.55. The fraction of sp³-hybridized carbons (Fsp3) is 0.524. The second-order valence-corrected chi connectivity index (χ2v) is 7.93. The number of fused-ring (bicyclic) bond motifs is 1. The number of morpholine rings is 1. The molecule has 8 nitrogen and oxygen atoms in total. The van der Waals surface area contributed by atoms with E-state index in [1.165, 1.54) is 0 Å². The van der Waals surface area contributed by atoms with E-state index in [2.05, 4.69) is 14.8 Å². The zero-order chi connectivity index (χ0) is 20.5. The zero-order valence-electron chi connectivity index (χ0n) is 17.1. The van der Waals surface area contributed by atoms with Gasteiger partial charge in [-0.15, -0.1) is 0 Å². The van der Waals surface area contributed by atoms with E-state index in [4.69, 9.17) is 14.5 Å². The lowest BCUT2D eigenvalue weighted by atomic mass is 10.1. The maximum atomic E-state index is 12.7. The predicted molar refractivity (Wildman–Crippen MR) is 110 cm³/mol. The molecule has 2 N–H and O–H groups in total. The Morgan fingerprint density at radius 1 is 1.31 bits per heavy atom. The van der Waals surface area contributed by atoms with E-state index in [0.717, 1.165) is 23.4 Å². The number of phenols is 1. The number of benzene rings is 1. The van der Waals surface area contributed by atoms with E-state index in [1.54, 1.807) is 13.2 Å². The average molecular weight is 400 g/mol. The van der Waals surface area contributed by atoms with Crippen LogP contribution in [0, 0.1) is 0 Å². The minimum atomic E-state index is -0.0521. The monoisotopic (exact) mass is 400 g/mol. The number of nitrogens with zero attached hydrogens (tertiary/aromatic N) is 3. The van der Waals surface area contributed by atoms with Gasteiger partial charge in [-0.25, -0.2) is 4.98 Å². The van der Waals surface area contributed by atoms with Crippen molar-refractivity contribution in [3.63, 3.8) is 0 Å². The molecule has 29 heavy (non-hydrogen) atoms. The standard InChI is InChI=1S/C21H28N4O4/c1-13-9-25(10-14(2)29-13)21-22-18-12-24(7-6-17(18)20(27)23-21)11-15-4-5-16(28-3)8-19(15)26/h4-5,8,13-14,26H,6-7,9-12H2,1-3H3,(H,22,23,27). The highest BCUT2D eigenvalue weighted by Crippen LogP contribution is 2.26. The van der Waals surface area contributed by atoms with Gasteiger partial charge in [0.05, 0.1) is 25.0 Å². The van der Waals surface area contributed by atoms with Crippen LogP contribution in [0.3, 0.4) is 0 Å². The summed E-state index contributed by atoms with van der Waals surface area (Å²) in [4.78, 5) is 24.7. The highest BCUT2D eigenvalue weighted by molar-refractivity contribution is 5.40. The number of phenolic OH excluding ortho intramolecular Hbond substituents is 1. The molecule has 2 aliphatic heterocycles. The average Bonchev–Trinajstić information content (AvgIpc) is 2.68. The summed E-state index contributed by atoms with van der Waals surface area (Å²) >= 11 is 0. The number of hydrogen-bond donors (Lipinski definition) is 2. The Morgan fingerprint density at radius 3 is 2.76 bits per heavy atom. The molecular formula is C21H28N4O4. The first-order valence-electron chi connectivity index (χ1n) is 10.0. The van der Waals surface area contributed by atoms with Gasteiger partial charge >= 0.3 is 0 Å². The van der Waals surface area contributed by atoms with Crippen LogP contribution in [0.5, 0.6) is 11.5 Å². The van der Waals surface area contributed by atoms with Crippen molar-refractivity contribution in [1.29, 1.82) is 0 Å². The largest absolute Gasteiger partial charge is 0.507 e. The molecule has 2 aliphatic rings.